The lowest BCUT2D eigenvalue weighted by Gasteiger charge is -2.20. The van der Waals surface area contributed by atoms with Crippen molar-refractivity contribution in [2.45, 2.75) is 33.2 Å². The number of carbonyl (C=O) groups is 2. The Morgan fingerprint density at radius 2 is 1.82 bits per heavy atom. The molecule has 2 N–H and O–H groups in total. The summed E-state index contributed by atoms with van der Waals surface area (Å²) in [6.45, 7) is 8.39. The van der Waals surface area contributed by atoms with E-state index < -0.39 is 0 Å². The second-order valence-corrected chi connectivity index (χ2v) is 5.86. The third-order valence-corrected chi connectivity index (χ3v) is 2.67. The van der Waals surface area contributed by atoms with Crippen LogP contribution in [0.5, 0.6) is 0 Å². The SMILES string of the molecule is CCOC(=O)/C=C/c1ccc(NC(=O)CNC(C)(C)C)cc1. The minimum Gasteiger partial charge on any atom is -0.463 e. The molecular weight excluding hydrogens is 280 g/mol. The summed E-state index contributed by atoms with van der Waals surface area (Å²) >= 11 is 0. The highest BCUT2D eigenvalue weighted by molar-refractivity contribution is 5.92. The molecule has 0 spiro atoms. The predicted molar refractivity (Wildman–Crippen MR) is 88.5 cm³/mol. The maximum absolute atomic E-state index is 11.8. The number of rotatable bonds is 6. The van der Waals surface area contributed by atoms with Gasteiger partial charge in [-0.15, -0.1) is 0 Å². The van der Waals surface area contributed by atoms with Gasteiger partial charge in [-0.2, -0.15) is 0 Å². The van der Waals surface area contributed by atoms with Gasteiger partial charge in [0.2, 0.25) is 5.91 Å². The lowest BCUT2D eigenvalue weighted by molar-refractivity contribution is -0.137. The van der Waals surface area contributed by atoms with E-state index in [1.165, 1.54) is 6.08 Å². The van der Waals surface area contributed by atoms with Gasteiger partial charge in [0.1, 0.15) is 0 Å². The summed E-state index contributed by atoms with van der Waals surface area (Å²) in [7, 11) is 0. The largest absolute Gasteiger partial charge is 0.463 e. The molecular formula is C17H24N2O3. The van der Waals surface area contributed by atoms with E-state index in [1.54, 1.807) is 25.1 Å². The number of nitrogens with one attached hydrogen (secondary N) is 2. The number of hydrogen-bond donors (Lipinski definition) is 2. The fourth-order valence-electron chi connectivity index (χ4n) is 1.58. The molecule has 0 saturated heterocycles. The quantitative estimate of drug-likeness (QED) is 0.626. The first-order valence-electron chi connectivity index (χ1n) is 7.30. The van der Waals surface area contributed by atoms with E-state index in [0.29, 0.717) is 12.3 Å². The second-order valence-electron chi connectivity index (χ2n) is 5.86. The highest BCUT2D eigenvalue weighted by Crippen LogP contribution is 2.11. The average molecular weight is 304 g/mol. The maximum atomic E-state index is 11.8. The zero-order chi connectivity index (χ0) is 16.6. The molecule has 0 fully saturated rings. The van der Waals surface area contributed by atoms with Crippen molar-refractivity contribution in [2.24, 2.45) is 0 Å². The normalized spacial score (nSPS) is 11.5. The van der Waals surface area contributed by atoms with E-state index in [9.17, 15) is 9.59 Å². The van der Waals surface area contributed by atoms with Crippen LogP contribution in [-0.4, -0.2) is 30.6 Å². The Morgan fingerprint density at radius 3 is 2.36 bits per heavy atom. The average Bonchev–Trinajstić information content (AvgIpc) is 2.44. The summed E-state index contributed by atoms with van der Waals surface area (Å²) < 4.78 is 4.80. The molecule has 0 heterocycles. The molecule has 120 valence electrons. The van der Waals surface area contributed by atoms with E-state index in [1.807, 2.05) is 32.9 Å². The summed E-state index contributed by atoms with van der Waals surface area (Å²) in [6, 6.07) is 7.23. The fourth-order valence-corrected chi connectivity index (χ4v) is 1.58. The first-order valence-corrected chi connectivity index (χ1v) is 7.30. The predicted octanol–water partition coefficient (Wildman–Crippen LogP) is 2.59. The van der Waals surface area contributed by atoms with Crippen LogP contribution in [0.25, 0.3) is 6.08 Å². The fraction of sp³-hybridized carbons (Fsp3) is 0.412. The van der Waals surface area contributed by atoms with Crippen LogP contribution in [0.4, 0.5) is 5.69 Å². The van der Waals surface area contributed by atoms with Crippen LogP contribution in [-0.2, 0) is 14.3 Å². The Labute approximate surface area is 131 Å². The van der Waals surface area contributed by atoms with Gasteiger partial charge < -0.3 is 15.4 Å². The molecule has 0 aliphatic rings. The smallest absolute Gasteiger partial charge is 0.330 e. The van der Waals surface area contributed by atoms with Crippen molar-refractivity contribution in [1.29, 1.82) is 0 Å². The van der Waals surface area contributed by atoms with Gasteiger partial charge in [-0.3, -0.25) is 4.79 Å². The van der Waals surface area contributed by atoms with E-state index in [2.05, 4.69) is 10.6 Å². The Balaban J connectivity index is 2.51. The molecule has 5 heteroatoms. The molecule has 0 unspecified atom stereocenters. The van der Waals surface area contributed by atoms with E-state index in [0.717, 1.165) is 5.56 Å². The molecule has 1 aromatic rings. The molecule has 0 aliphatic carbocycles. The molecule has 0 atom stereocenters. The Hall–Kier alpha value is -2.14. The van der Waals surface area contributed by atoms with Crippen LogP contribution in [0, 0.1) is 0 Å². The molecule has 0 saturated carbocycles. The van der Waals surface area contributed by atoms with Crippen LogP contribution in [0.15, 0.2) is 30.3 Å². The van der Waals surface area contributed by atoms with E-state index in [-0.39, 0.29) is 24.0 Å². The lowest BCUT2D eigenvalue weighted by atomic mass is 10.1. The molecule has 1 amide bonds. The molecule has 0 radical (unpaired) electrons. The standard InChI is InChI=1S/C17H24N2O3/c1-5-22-16(21)11-8-13-6-9-14(10-7-13)19-15(20)12-18-17(2,3)4/h6-11,18H,5,12H2,1-4H3,(H,19,20)/b11-8+. The molecule has 0 bridgehead atoms. The Kier molecular flexibility index (Phi) is 6.79. The first-order chi connectivity index (χ1) is 10.3. The first kappa shape index (κ1) is 17.9. The third-order valence-electron chi connectivity index (χ3n) is 2.67. The van der Waals surface area contributed by atoms with E-state index >= 15 is 0 Å². The van der Waals surface area contributed by atoms with Crippen LogP contribution < -0.4 is 10.6 Å². The summed E-state index contributed by atoms with van der Waals surface area (Å²) in [5.41, 5.74) is 1.48. The summed E-state index contributed by atoms with van der Waals surface area (Å²) in [6.07, 6.45) is 3.05. The number of amides is 1. The van der Waals surface area contributed by atoms with Crippen molar-refractivity contribution >= 4 is 23.6 Å². The van der Waals surface area contributed by atoms with Gasteiger partial charge in [-0.05, 0) is 51.5 Å². The van der Waals surface area contributed by atoms with Crippen molar-refractivity contribution in [2.75, 3.05) is 18.5 Å². The van der Waals surface area contributed by atoms with Gasteiger partial charge >= 0.3 is 5.97 Å². The van der Waals surface area contributed by atoms with Crippen molar-refractivity contribution in [1.82, 2.24) is 5.32 Å². The number of esters is 1. The van der Waals surface area contributed by atoms with Crippen LogP contribution in [0.3, 0.4) is 0 Å². The van der Waals surface area contributed by atoms with Gasteiger partial charge in [0.05, 0.1) is 13.2 Å². The molecule has 5 nitrogen and oxygen atoms in total. The molecule has 0 aliphatic heterocycles. The van der Waals surface area contributed by atoms with Crippen molar-refractivity contribution < 1.29 is 14.3 Å². The molecule has 0 aromatic heterocycles. The maximum Gasteiger partial charge on any atom is 0.330 e. The minimum absolute atomic E-state index is 0.0928. The summed E-state index contributed by atoms with van der Waals surface area (Å²) in [5.74, 6) is -0.460. The zero-order valence-corrected chi connectivity index (χ0v) is 13.6. The lowest BCUT2D eigenvalue weighted by Crippen LogP contribution is -2.41. The van der Waals surface area contributed by atoms with Crippen molar-refractivity contribution in [3.63, 3.8) is 0 Å². The Bertz CT molecular complexity index is 528. The van der Waals surface area contributed by atoms with Gasteiger partial charge in [-0.25, -0.2) is 4.79 Å². The zero-order valence-electron chi connectivity index (χ0n) is 13.6. The van der Waals surface area contributed by atoms with Gasteiger partial charge in [0.25, 0.3) is 0 Å². The summed E-state index contributed by atoms with van der Waals surface area (Å²) in [4.78, 5) is 23.0. The molecule has 22 heavy (non-hydrogen) atoms. The van der Waals surface area contributed by atoms with Gasteiger partial charge in [0.15, 0.2) is 0 Å². The number of anilines is 1. The van der Waals surface area contributed by atoms with Crippen LogP contribution in [0.2, 0.25) is 0 Å². The third kappa shape index (κ3) is 7.59. The number of ether oxygens (including phenoxy) is 1. The van der Waals surface area contributed by atoms with Crippen molar-refractivity contribution in [3.05, 3.63) is 35.9 Å². The molecule has 1 rings (SSSR count). The van der Waals surface area contributed by atoms with Crippen LogP contribution in [0.1, 0.15) is 33.3 Å². The highest BCUT2D eigenvalue weighted by Gasteiger charge is 2.11. The topological polar surface area (TPSA) is 67.4 Å². The Morgan fingerprint density at radius 1 is 1.18 bits per heavy atom. The highest BCUT2D eigenvalue weighted by atomic mass is 16.5. The minimum atomic E-state index is -0.367. The second kappa shape index (κ2) is 8.34. The van der Waals surface area contributed by atoms with Crippen LogP contribution >= 0.6 is 0 Å². The monoisotopic (exact) mass is 304 g/mol. The number of hydrogen-bond acceptors (Lipinski definition) is 4. The van der Waals surface area contributed by atoms with Crippen molar-refractivity contribution in [3.8, 4) is 0 Å². The van der Waals surface area contributed by atoms with Gasteiger partial charge in [0, 0.05) is 17.3 Å². The van der Waals surface area contributed by atoms with Gasteiger partial charge in [-0.1, -0.05) is 12.1 Å². The number of benzene rings is 1. The van der Waals surface area contributed by atoms with E-state index in [4.69, 9.17) is 4.74 Å². The molecule has 1 aromatic carbocycles. The summed E-state index contributed by atoms with van der Waals surface area (Å²) in [5, 5.41) is 5.93. The number of carbonyl (C=O) groups excluding carboxylic acids is 2.